The summed E-state index contributed by atoms with van der Waals surface area (Å²) in [4.78, 5) is 38.4. The molecule has 1 heterocycles. The summed E-state index contributed by atoms with van der Waals surface area (Å²) in [5, 5.41) is 12.3. The van der Waals surface area contributed by atoms with Gasteiger partial charge in [0.05, 0.1) is 18.6 Å². The molecule has 1 saturated carbocycles. The average Bonchev–Trinajstić information content (AvgIpc) is 3.43. The number of nitrogens with zero attached hydrogens (tertiary/aromatic N) is 1. The first-order valence-electron chi connectivity index (χ1n) is 12.1. The van der Waals surface area contributed by atoms with Gasteiger partial charge in [0.25, 0.3) is 0 Å². The van der Waals surface area contributed by atoms with Crippen LogP contribution in [-0.4, -0.2) is 66.4 Å². The van der Waals surface area contributed by atoms with E-state index in [1.54, 1.807) is 7.05 Å². The lowest BCUT2D eigenvalue weighted by Gasteiger charge is -2.45. The van der Waals surface area contributed by atoms with Crippen molar-refractivity contribution in [2.24, 2.45) is 5.92 Å². The molecule has 3 aliphatic rings. The lowest BCUT2D eigenvalue weighted by atomic mass is 9.75. The van der Waals surface area contributed by atoms with Gasteiger partial charge in [0.1, 0.15) is 12.1 Å². The van der Waals surface area contributed by atoms with Crippen LogP contribution in [0.3, 0.4) is 0 Å². The fourth-order valence-corrected chi connectivity index (χ4v) is 5.56. The molecule has 1 saturated heterocycles. The molecule has 2 aromatic rings. The number of amides is 2. The van der Waals surface area contributed by atoms with E-state index >= 15 is 0 Å². The molecule has 8 heteroatoms. The highest BCUT2D eigenvalue weighted by atomic mass is 16.5. The van der Waals surface area contributed by atoms with E-state index in [4.69, 9.17) is 9.47 Å². The number of rotatable bonds is 7. The molecule has 2 aliphatic carbocycles. The first-order chi connectivity index (χ1) is 16.9. The van der Waals surface area contributed by atoms with Crippen molar-refractivity contribution >= 4 is 18.0 Å². The third-order valence-electron chi connectivity index (χ3n) is 7.80. The molecule has 2 amide bonds. The van der Waals surface area contributed by atoms with Crippen LogP contribution in [0.1, 0.15) is 42.7 Å². The van der Waals surface area contributed by atoms with Gasteiger partial charge < -0.3 is 24.8 Å². The molecule has 2 fully saturated rings. The fraction of sp³-hybridized carbons (Fsp3) is 0.444. The number of carboxylic acids is 1. The van der Waals surface area contributed by atoms with Gasteiger partial charge in [-0.05, 0) is 47.9 Å². The molecular weight excluding hydrogens is 448 g/mol. The Morgan fingerprint density at radius 1 is 1.09 bits per heavy atom. The minimum Gasteiger partial charge on any atom is -0.479 e. The molecule has 0 radical (unpaired) electrons. The Bertz CT molecular complexity index is 1100. The predicted molar refractivity (Wildman–Crippen MR) is 128 cm³/mol. The van der Waals surface area contributed by atoms with Crippen molar-refractivity contribution in [3.8, 4) is 11.1 Å². The van der Waals surface area contributed by atoms with E-state index < -0.39 is 23.5 Å². The predicted octanol–water partition coefficient (Wildman–Crippen LogP) is 3.40. The molecule has 0 spiro atoms. The molecule has 0 bridgehead atoms. The first kappa shape index (κ1) is 23.4. The summed E-state index contributed by atoms with van der Waals surface area (Å²) in [6, 6.07) is 16.3. The van der Waals surface area contributed by atoms with Crippen LogP contribution in [-0.2, 0) is 19.1 Å². The van der Waals surface area contributed by atoms with Crippen LogP contribution in [0.25, 0.3) is 11.1 Å². The van der Waals surface area contributed by atoms with Crippen molar-refractivity contribution in [1.29, 1.82) is 0 Å². The van der Waals surface area contributed by atoms with Crippen LogP contribution >= 0.6 is 0 Å². The number of fused-ring (bicyclic) bond motifs is 3. The smallest absolute Gasteiger partial charge is 0.407 e. The standard InChI is InChI=1S/C27H30N2O6/c1-29(27(25(31)32)11-6-12-27)24(30)17-13-18(34-15-17)14-28-26(33)35-16-23-21-9-4-2-7-19(21)20-8-3-5-10-22(20)23/h2-5,7-10,17-18,23H,6,11-16H2,1H3,(H,28,33)(H,31,32). The summed E-state index contributed by atoms with van der Waals surface area (Å²) in [5.74, 6) is -1.59. The molecule has 2 unspecified atom stereocenters. The van der Waals surface area contributed by atoms with Crippen molar-refractivity contribution in [2.75, 3.05) is 26.8 Å². The van der Waals surface area contributed by atoms with Gasteiger partial charge in [0, 0.05) is 19.5 Å². The van der Waals surface area contributed by atoms with Gasteiger partial charge in [-0.2, -0.15) is 0 Å². The molecule has 184 valence electrons. The third-order valence-corrected chi connectivity index (χ3v) is 7.80. The SMILES string of the molecule is CN(C(=O)C1COC(CNC(=O)OCC2c3ccccc3-c3ccccc32)C1)C1(C(=O)O)CCC1. The topological polar surface area (TPSA) is 105 Å². The zero-order chi connectivity index (χ0) is 24.6. The number of carbonyl (C=O) groups excluding carboxylic acids is 2. The number of carbonyl (C=O) groups is 3. The Balaban J connectivity index is 1.11. The van der Waals surface area contributed by atoms with E-state index in [-0.39, 0.29) is 37.7 Å². The fourth-order valence-electron chi connectivity index (χ4n) is 5.56. The summed E-state index contributed by atoms with van der Waals surface area (Å²) in [5.41, 5.74) is 3.55. The van der Waals surface area contributed by atoms with Gasteiger partial charge in [0.15, 0.2) is 0 Å². The summed E-state index contributed by atoms with van der Waals surface area (Å²) in [6.07, 6.45) is 1.34. The second-order valence-electron chi connectivity index (χ2n) is 9.68. The third kappa shape index (κ3) is 4.16. The van der Waals surface area contributed by atoms with Gasteiger partial charge in [-0.3, -0.25) is 4.79 Å². The van der Waals surface area contributed by atoms with Crippen molar-refractivity contribution in [3.63, 3.8) is 0 Å². The molecule has 8 nitrogen and oxygen atoms in total. The van der Waals surface area contributed by atoms with E-state index in [0.717, 1.165) is 17.5 Å². The number of aliphatic carboxylic acids is 1. The number of carboxylic acid groups (broad SMARTS) is 1. The maximum atomic E-state index is 12.9. The molecule has 0 aromatic heterocycles. The number of benzene rings is 2. The number of alkyl carbamates (subject to hydrolysis) is 1. The van der Waals surface area contributed by atoms with E-state index in [9.17, 15) is 19.5 Å². The van der Waals surface area contributed by atoms with E-state index in [1.807, 2.05) is 24.3 Å². The van der Waals surface area contributed by atoms with Crippen LogP contribution in [0.4, 0.5) is 4.79 Å². The van der Waals surface area contributed by atoms with Gasteiger partial charge in [-0.1, -0.05) is 48.5 Å². The number of hydrogen-bond donors (Lipinski definition) is 2. The zero-order valence-corrected chi connectivity index (χ0v) is 19.7. The minimum atomic E-state index is -1.09. The van der Waals surface area contributed by atoms with Crippen molar-refractivity contribution in [1.82, 2.24) is 10.2 Å². The Morgan fingerprint density at radius 2 is 1.71 bits per heavy atom. The summed E-state index contributed by atoms with van der Waals surface area (Å²) in [7, 11) is 1.57. The molecule has 2 aromatic carbocycles. The van der Waals surface area contributed by atoms with Gasteiger partial charge in [-0.15, -0.1) is 0 Å². The van der Waals surface area contributed by atoms with Crippen molar-refractivity contribution in [2.45, 2.75) is 43.2 Å². The van der Waals surface area contributed by atoms with Gasteiger partial charge >= 0.3 is 12.1 Å². The Hall–Kier alpha value is -3.39. The lowest BCUT2D eigenvalue weighted by molar-refractivity contribution is -0.165. The Labute approximate surface area is 204 Å². The van der Waals surface area contributed by atoms with Crippen molar-refractivity contribution < 1.29 is 29.0 Å². The summed E-state index contributed by atoms with van der Waals surface area (Å²) in [6.45, 7) is 0.679. The maximum absolute atomic E-state index is 12.9. The van der Waals surface area contributed by atoms with E-state index in [2.05, 4.69) is 29.6 Å². The molecule has 35 heavy (non-hydrogen) atoms. The number of ether oxygens (including phenoxy) is 2. The van der Waals surface area contributed by atoms with Gasteiger partial charge in [0.2, 0.25) is 5.91 Å². The van der Waals surface area contributed by atoms with Crippen LogP contribution in [0, 0.1) is 5.92 Å². The second-order valence-corrected chi connectivity index (χ2v) is 9.68. The first-order valence-corrected chi connectivity index (χ1v) is 12.1. The average molecular weight is 479 g/mol. The number of likely N-dealkylation sites (N-methyl/N-ethyl adjacent to an activating group) is 1. The maximum Gasteiger partial charge on any atom is 0.407 e. The summed E-state index contributed by atoms with van der Waals surface area (Å²) >= 11 is 0. The van der Waals surface area contributed by atoms with Crippen LogP contribution in [0.5, 0.6) is 0 Å². The largest absolute Gasteiger partial charge is 0.479 e. The molecule has 5 rings (SSSR count). The van der Waals surface area contributed by atoms with E-state index in [0.29, 0.717) is 19.3 Å². The highest BCUT2D eigenvalue weighted by Gasteiger charge is 2.51. The van der Waals surface area contributed by atoms with Crippen LogP contribution in [0.2, 0.25) is 0 Å². The summed E-state index contributed by atoms with van der Waals surface area (Å²) < 4.78 is 11.3. The molecular formula is C27H30N2O6. The quantitative estimate of drug-likeness (QED) is 0.632. The van der Waals surface area contributed by atoms with Gasteiger partial charge in [-0.25, -0.2) is 9.59 Å². The zero-order valence-electron chi connectivity index (χ0n) is 19.7. The Morgan fingerprint density at radius 3 is 2.29 bits per heavy atom. The molecule has 1 aliphatic heterocycles. The lowest BCUT2D eigenvalue weighted by Crippen LogP contribution is -2.60. The highest BCUT2D eigenvalue weighted by Crippen LogP contribution is 2.44. The van der Waals surface area contributed by atoms with Crippen LogP contribution < -0.4 is 5.32 Å². The molecule has 2 N–H and O–H groups in total. The van der Waals surface area contributed by atoms with Crippen molar-refractivity contribution in [3.05, 3.63) is 59.7 Å². The molecule has 2 atom stereocenters. The normalized spacial score (nSPS) is 22.0. The minimum absolute atomic E-state index is 0.0125. The Kier molecular flexibility index (Phi) is 6.23. The van der Waals surface area contributed by atoms with E-state index in [1.165, 1.54) is 16.0 Å². The highest BCUT2D eigenvalue weighted by molar-refractivity contribution is 5.89. The second kappa shape index (κ2) is 9.34. The number of hydrogen-bond acceptors (Lipinski definition) is 5. The monoisotopic (exact) mass is 478 g/mol. The van der Waals surface area contributed by atoms with Crippen LogP contribution in [0.15, 0.2) is 48.5 Å². The number of nitrogens with one attached hydrogen (secondary N) is 1.